The second-order valence-corrected chi connectivity index (χ2v) is 4.41. The zero-order chi connectivity index (χ0) is 10.7. The highest BCUT2D eigenvalue weighted by Crippen LogP contribution is 2.20. The largest absolute Gasteiger partial charge is 0.363 e. The summed E-state index contributed by atoms with van der Waals surface area (Å²) in [5, 5.41) is 3.34. The fraction of sp³-hybridized carbons (Fsp3) is 0.273. The standard InChI is InChI=1S/C11H13N3S/c1-8-3-4-13-11(5-8)14-9(2)10-6-12-7-15-10/h3-7,9H,1-2H3,(H,13,14). The van der Waals surface area contributed by atoms with E-state index in [4.69, 9.17) is 0 Å². The zero-order valence-electron chi connectivity index (χ0n) is 8.77. The van der Waals surface area contributed by atoms with E-state index in [9.17, 15) is 0 Å². The molecule has 15 heavy (non-hydrogen) atoms. The van der Waals surface area contributed by atoms with Crippen LogP contribution in [-0.4, -0.2) is 9.97 Å². The van der Waals surface area contributed by atoms with Gasteiger partial charge < -0.3 is 5.32 Å². The maximum Gasteiger partial charge on any atom is 0.126 e. The molecule has 1 N–H and O–H groups in total. The second-order valence-electron chi connectivity index (χ2n) is 3.49. The Morgan fingerprint density at radius 3 is 3.00 bits per heavy atom. The molecule has 0 bridgehead atoms. The second kappa shape index (κ2) is 4.40. The maximum atomic E-state index is 4.26. The van der Waals surface area contributed by atoms with Gasteiger partial charge in [-0.15, -0.1) is 11.3 Å². The van der Waals surface area contributed by atoms with Gasteiger partial charge in [0.15, 0.2) is 0 Å². The molecule has 0 saturated heterocycles. The summed E-state index contributed by atoms with van der Waals surface area (Å²) in [5.74, 6) is 0.913. The number of thiazole rings is 1. The van der Waals surface area contributed by atoms with Crippen LogP contribution in [0.25, 0.3) is 0 Å². The van der Waals surface area contributed by atoms with Crippen molar-refractivity contribution in [3.8, 4) is 0 Å². The maximum absolute atomic E-state index is 4.26. The lowest BCUT2D eigenvalue weighted by Crippen LogP contribution is -2.06. The van der Waals surface area contributed by atoms with Gasteiger partial charge in [0.05, 0.1) is 11.6 Å². The predicted molar refractivity (Wildman–Crippen MR) is 63.1 cm³/mol. The molecule has 0 spiro atoms. The third kappa shape index (κ3) is 2.53. The minimum atomic E-state index is 0.256. The van der Waals surface area contributed by atoms with Crippen LogP contribution in [0.1, 0.15) is 23.4 Å². The van der Waals surface area contributed by atoms with Crippen LogP contribution in [0.5, 0.6) is 0 Å². The highest BCUT2D eigenvalue weighted by molar-refractivity contribution is 7.09. The Bertz CT molecular complexity index is 425. The van der Waals surface area contributed by atoms with Crippen molar-refractivity contribution in [2.24, 2.45) is 0 Å². The minimum Gasteiger partial charge on any atom is -0.363 e. The van der Waals surface area contributed by atoms with E-state index in [0.717, 1.165) is 5.82 Å². The Morgan fingerprint density at radius 1 is 1.47 bits per heavy atom. The lowest BCUT2D eigenvalue weighted by molar-refractivity contribution is 0.891. The Kier molecular flexibility index (Phi) is 2.97. The van der Waals surface area contributed by atoms with Crippen LogP contribution in [0.3, 0.4) is 0 Å². The number of aryl methyl sites for hydroxylation is 1. The van der Waals surface area contributed by atoms with E-state index in [1.807, 2.05) is 30.0 Å². The Balaban J connectivity index is 2.09. The van der Waals surface area contributed by atoms with Crippen molar-refractivity contribution in [2.45, 2.75) is 19.9 Å². The molecule has 0 fully saturated rings. The van der Waals surface area contributed by atoms with Gasteiger partial charge in [-0.05, 0) is 31.5 Å². The molecule has 0 aliphatic heterocycles. The van der Waals surface area contributed by atoms with Crippen LogP contribution >= 0.6 is 11.3 Å². The quantitative estimate of drug-likeness (QED) is 0.862. The van der Waals surface area contributed by atoms with Crippen molar-refractivity contribution in [1.82, 2.24) is 9.97 Å². The van der Waals surface area contributed by atoms with E-state index in [0.29, 0.717) is 0 Å². The first-order chi connectivity index (χ1) is 7.25. The number of hydrogen-bond acceptors (Lipinski definition) is 4. The average molecular weight is 219 g/mol. The van der Waals surface area contributed by atoms with Crippen LogP contribution in [0.15, 0.2) is 30.0 Å². The summed E-state index contributed by atoms with van der Waals surface area (Å²) < 4.78 is 0. The molecule has 2 heterocycles. The first kappa shape index (κ1) is 10.1. The number of hydrogen-bond donors (Lipinski definition) is 1. The number of aromatic nitrogens is 2. The smallest absolute Gasteiger partial charge is 0.126 e. The molecule has 0 radical (unpaired) electrons. The van der Waals surface area contributed by atoms with Gasteiger partial charge in [0.1, 0.15) is 5.82 Å². The molecule has 1 atom stereocenters. The monoisotopic (exact) mass is 219 g/mol. The topological polar surface area (TPSA) is 37.8 Å². The fourth-order valence-electron chi connectivity index (χ4n) is 1.35. The lowest BCUT2D eigenvalue weighted by Gasteiger charge is -2.12. The Morgan fingerprint density at radius 2 is 2.33 bits per heavy atom. The van der Waals surface area contributed by atoms with Crippen molar-refractivity contribution in [2.75, 3.05) is 5.32 Å². The van der Waals surface area contributed by atoms with Crippen molar-refractivity contribution in [3.05, 3.63) is 40.5 Å². The molecular weight excluding hydrogens is 206 g/mol. The van der Waals surface area contributed by atoms with E-state index in [1.165, 1.54) is 10.4 Å². The van der Waals surface area contributed by atoms with Crippen LogP contribution in [0.4, 0.5) is 5.82 Å². The number of pyridine rings is 1. The summed E-state index contributed by atoms with van der Waals surface area (Å²) in [6, 6.07) is 4.28. The number of anilines is 1. The van der Waals surface area contributed by atoms with Gasteiger partial charge in [-0.1, -0.05) is 0 Å². The molecule has 2 aromatic heterocycles. The summed E-state index contributed by atoms with van der Waals surface area (Å²) in [6.45, 7) is 4.17. The summed E-state index contributed by atoms with van der Waals surface area (Å²) >= 11 is 1.65. The SMILES string of the molecule is Cc1ccnc(NC(C)c2cncs2)c1. The molecule has 2 aromatic rings. The molecule has 0 amide bonds. The lowest BCUT2D eigenvalue weighted by atomic mass is 10.2. The molecular formula is C11H13N3S. The molecule has 3 nitrogen and oxygen atoms in total. The number of nitrogens with one attached hydrogen (secondary N) is 1. The molecule has 0 aliphatic rings. The van der Waals surface area contributed by atoms with Crippen LogP contribution < -0.4 is 5.32 Å². The van der Waals surface area contributed by atoms with Crippen molar-refractivity contribution >= 4 is 17.2 Å². The third-order valence-electron chi connectivity index (χ3n) is 2.16. The molecule has 78 valence electrons. The van der Waals surface area contributed by atoms with Crippen LogP contribution in [0.2, 0.25) is 0 Å². The van der Waals surface area contributed by atoms with E-state index in [1.54, 1.807) is 11.3 Å². The normalized spacial score (nSPS) is 12.4. The summed E-state index contributed by atoms with van der Waals surface area (Å²) in [7, 11) is 0. The number of rotatable bonds is 3. The van der Waals surface area contributed by atoms with Crippen LogP contribution in [-0.2, 0) is 0 Å². The molecule has 2 rings (SSSR count). The summed E-state index contributed by atoms with van der Waals surface area (Å²) in [6.07, 6.45) is 3.70. The van der Waals surface area contributed by atoms with E-state index in [2.05, 4.69) is 29.1 Å². The van der Waals surface area contributed by atoms with Gasteiger partial charge in [-0.3, -0.25) is 4.98 Å². The Hall–Kier alpha value is -1.42. The van der Waals surface area contributed by atoms with Gasteiger partial charge in [-0.25, -0.2) is 4.98 Å². The van der Waals surface area contributed by atoms with Gasteiger partial charge in [0, 0.05) is 17.3 Å². The summed E-state index contributed by atoms with van der Waals surface area (Å²) in [4.78, 5) is 9.54. The number of nitrogens with zero attached hydrogens (tertiary/aromatic N) is 2. The average Bonchev–Trinajstić information content (AvgIpc) is 2.70. The predicted octanol–water partition coefficient (Wildman–Crippen LogP) is 3.02. The molecule has 4 heteroatoms. The van der Waals surface area contributed by atoms with E-state index in [-0.39, 0.29) is 6.04 Å². The molecule has 0 aliphatic carbocycles. The van der Waals surface area contributed by atoms with Gasteiger partial charge in [-0.2, -0.15) is 0 Å². The molecule has 0 aromatic carbocycles. The molecule has 0 saturated carbocycles. The zero-order valence-corrected chi connectivity index (χ0v) is 9.58. The molecule has 1 unspecified atom stereocenters. The van der Waals surface area contributed by atoms with Gasteiger partial charge in [0.2, 0.25) is 0 Å². The Labute approximate surface area is 93.2 Å². The first-order valence-corrected chi connectivity index (χ1v) is 5.71. The van der Waals surface area contributed by atoms with E-state index >= 15 is 0 Å². The summed E-state index contributed by atoms with van der Waals surface area (Å²) in [5.41, 5.74) is 3.06. The minimum absolute atomic E-state index is 0.256. The van der Waals surface area contributed by atoms with Crippen molar-refractivity contribution in [1.29, 1.82) is 0 Å². The highest BCUT2D eigenvalue weighted by atomic mass is 32.1. The van der Waals surface area contributed by atoms with Crippen molar-refractivity contribution in [3.63, 3.8) is 0 Å². The fourth-order valence-corrected chi connectivity index (χ4v) is 1.98. The van der Waals surface area contributed by atoms with Gasteiger partial charge in [0.25, 0.3) is 0 Å². The van der Waals surface area contributed by atoms with Gasteiger partial charge >= 0.3 is 0 Å². The highest BCUT2D eigenvalue weighted by Gasteiger charge is 2.06. The van der Waals surface area contributed by atoms with Crippen LogP contribution in [0, 0.1) is 6.92 Å². The van der Waals surface area contributed by atoms with E-state index < -0.39 is 0 Å². The first-order valence-electron chi connectivity index (χ1n) is 4.83. The third-order valence-corrected chi connectivity index (χ3v) is 3.12. The van der Waals surface area contributed by atoms with Crippen molar-refractivity contribution < 1.29 is 0 Å².